The number of nitrogens with zero attached hydrogens (tertiary/aromatic N) is 2. The summed E-state index contributed by atoms with van der Waals surface area (Å²) in [6.07, 6.45) is 7.84. The maximum atomic E-state index is 13.1. The van der Waals surface area contributed by atoms with Crippen LogP contribution in [-0.2, 0) is 12.8 Å². The van der Waals surface area contributed by atoms with Crippen LogP contribution < -0.4 is 10.9 Å². The Labute approximate surface area is 188 Å². The summed E-state index contributed by atoms with van der Waals surface area (Å²) in [5.74, 6) is -0.390. The van der Waals surface area contributed by atoms with Gasteiger partial charge in [0.25, 0.3) is 11.5 Å². The number of aliphatic hydroxyl groups excluding tert-OH is 1. The molecule has 1 aromatic carbocycles. The molecule has 0 bridgehead atoms. The number of aryl methyl sites for hydroxylation is 3. The maximum absolute atomic E-state index is 13.1. The van der Waals surface area contributed by atoms with Crippen molar-refractivity contribution in [3.8, 4) is 0 Å². The Balaban J connectivity index is 1.44. The van der Waals surface area contributed by atoms with E-state index in [0.29, 0.717) is 24.1 Å². The van der Waals surface area contributed by atoms with Gasteiger partial charge in [-0.1, -0.05) is 18.2 Å². The first-order chi connectivity index (χ1) is 15.5. The molecule has 0 unspecified atom stereocenters. The van der Waals surface area contributed by atoms with Crippen LogP contribution in [0.2, 0.25) is 0 Å². The van der Waals surface area contributed by atoms with Crippen molar-refractivity contribution < 1.29 is 9.90 Å². The predicted octanol–water partition coefficient (Wildman–Crippen LogP) is 4.07. The Kier molecular flexibility index (Phi) is 6.81. The molecule has 0 spiro atoms. The summed E-state index contributed by atoms with van der Waals surface area (Å²) in [6, 6.07) is 15.5. The summed E-state index contributed by atoms with van der Waals surface area (Å²) in [7, 11) is 0. The van der Waals surface area contributed by atoms with Gasteiger partial charge in [0, 0.05) is 29.8 Å². The summed E-state index contributed by atoms with van der Waals surface area (Å²) in [5.41, 5.74) is 3.44. The Hall–Kier alpha value is -3.25. The highest BCUT2D eigenvalue weighted by molar-refractivity contribution is 6.05. The van der Waals surface area contributed by atoms with Gasteiger partial charge in [0.2, 0.25) is 0 Å². The number of carbonyl (C=O) groups is 1. The van der Waals surface area contributed by atoms with Crippen LogP contribution in [-0.4, -0.2) is 26.7 Å². The third kappa shape index (κ3) is 5.14. The van der Waals surface area contributed by atoms with Crippen molar-refractivity contribution in [2.75, 3.05) is 5.32 Å². The first-order valence-electron chi connectivity index (χ1n) is 11.2. The van der Waals surface area contributed by atoms with Crippen molar-refractivity contribution in [2.24, 2.45) is 0 Å². The third-order valence-electron chi connectivity index (χ3n) is 6.22. The van der Waals surface area contributed by atoms with Crippen LogP contribution in [0.5, 0.6) is 0 Å². The van der Waals surface area contributed by atoms with Gasteiger partial charge in [-0.15, -0.1) is 0 Å². The third-order valence-corrected chi connectivity index (χ3v) is 6.22. The second-order valence-corrected chi connectivity index (χ2v) is 8.52. The highest BCUT2D eigenvalue weighted by Gasteiger charge is 2.24. The normalized spacial score (nSPS) is 18.3. The van der Waals surface area contributed by atoms with E-state index in [9.17, 15) is 14.7 Å². The van der Waals surface area contributed by atoms with Crippen LogP contribution in [0.25, 0.3) is 0 Å². The average Bonchev–Trinajstić information content (AvgIpc) is 2.80. The number of nitrogens with one attached hydrogen (secondary N) is 1. The fourth-order valence-corrected chi connectivity index (χ4v) is 4.31. The first kappa shape index (κ1) is 22.0. The summed E-state index contributed by atoms with van der Waals surface area (Å²) < 4.78 is 1.66. The average molecular weight is 432 g/mol. The molecule has 1 fully saturated rings. The zero-order valence-corrected chi connectivity index (χ0v) is 18.3. The van der Waals surface area contributed by atoms with E-state index in [1.165, 1.54) is 0 Å². The molecule has 1 aliphatic rings. The van der Waals surface area contributed by atoms with Gasteiger partial charge < -0.3 is 15.0 Å². The maximum Gasteiger partial charge on any atom is 0.263 e. The standard InChI is InChI=1S/C26H29N3O3/c1-18-15-17-29(22-11-13-23(30)14-12-22)26(32)24(18)25(31)28-21-9-6-19(7-10-21)5-8-20-4-2-3-16-27-20/h2-4,6-7,9-10,15-17,22-23,30H,5,8,11-14H2,1H3,(H,28,31). The minimum absolute atomic E-state index is 0.0245. The fourth-order valence-electron chi connectivity index (χ4n) is 4.31. The van der Waals surface area contributed by atoms with Gasteiger partial charge in [0.05, 0.1) is 6.10 Å². The van der Waals surface area contributed by atoms with Crippen LogP contribution in [0.15, 0.2) is 65.7 Å². The minimum Gasteiger partial charge on any atom is -0.393 e. The Morgan fingerprint density at radius 3 is 2.50 bits per heavy atom. The lowest BCUT2D eigenvalue weighted by Crippen LogP contribution is -2.34. The van der Waals surface area contributed by atoms with Gasteiger partial charge in [0.15, 0.2) is 0 Å². The summed E-state index contributed by atoms with van der Waals surface area (Å²) >= 11 is 0. The zero-order valence-electron chi connectivity index (χ0n) is 18.3. The van der Waals surface area contributed by atoms with Crippen LogP contribution in [0.3, 0.4) is 0 Å². The highest BCUT2D eigenvalue weighted by Crippen LogP contribution is 2.27. The number of aliphatic hydroxyl groups is 1. The van der Waals surface area contributed by atoms with E-state index < -0.39 is 0 Å². The number of pyridine rings is 2. The lowest BCUT2D eigenvalue weighted by Gasteiger charge is -2.27. The van der Waals surface area contributed by atoms with E-state index in [1.807, 2.05) is 48.5 Å². The monoisotopic (exact) mass is 431 g/mol. The molecule has 2 N–H and O–H groups in total. The van der Waals surface area contributed by atoms with Crippen molar-refractivity contribution >= 4 is 11.6 Å². The molecule has 166 valence electrons. The van der Waals surface area contributed by atoms with Gasteiger partial charge in [-0.2, -0.15) is 0 Å². The molecule has 4 rings (SSSR count). The molecule has 2 aromatic heterocycles. The lowest BCUT2D eigenvalue weighted by molar-refractivity contribution is 0.101. The quantitative estimate of drug-likeness (QED) is 0.616. The molecule has 2 heterocycles. The molecule has 1 saturated carbocycles. The fraction of sp³-hybridized carbons (Fsp3) is 0.346. The van der Waals surface area contributed by atoms with E-state index in [2.05, 4.69) is 10.3 Å². The molecular formula is C26H29N3O3. The molecule has 1 amide bonds. The summed E-state index contributed by atoms with van der Waals surface area (Å²) in [6.45, 7) is 1.78. The molecule has 0 saturated heterocycles. The topological polar surface area (TPSA) is 84.2 Å². The van der Waals surface area contributed by atoms with Crippen LogP contribution >= 0.6 is 0 Å². The number of benzene rings is 1. The molecule has 32 heavy (non-hydrogen) atoms. The second-order valence-electron chi connectivity index (χ2n) is 8.52. The molecular weight excluding hydrogens is 402 g/mol. The predicted molar refractivity (Wildman–Crippen MR) is 125 cm³/mol. The minimum atomic E-state index is -0.390. The lowest BCUT2D eigenvalue weighted by atomic mass is 9.92. The Morgan fingerprint density at radius 2 is 1.81 bits per heavy atom. The number of hydrogen-bond donors (Lipinski definition) is 2. The van der Waals surface area contributed by atoms with Gasteiger partial charge in [-0.3, -0.25) is 14.6 Å². The van der Waals surface area contributed by atoms with E-state index in [0.717, 1.165) is 36.9 Å². The summed E-state index contributed by atoms with van der Waals surface area (Å²) in [4.78, 5) is 30.4. The molecule has 3 aromatic rings. The van der Waals surface area contributed by atoms with E-state index in [4.69, 9.17) is 0 Å². The van der Waals surface area contributed by atoms with E-state index in [1.54, 1.807) is 23.9 Å². The van der Waals surface area contributed by atoms with Crippen LogP contribution in [0.1, 0.15) is 58.9 Å². The van der Waals surface area contributed by atoms with Crippen molar-refractivity contribution in [1.29, 1.82) is 0 Å². The van der Waals surface area contributed by atoms with Crippen LogP contribution in [0.4, 0.5) is 5.69 Å². The Morgan fingerprint density at radius 1 is 1.06 bits per heavy atom. The number of amides is 1. The molecule has 6 heteroatoms. The number of carbonyl (C=O) groups excluding carboxylic acids is 1. The first-order valence-corrected chi connectivity index (χ1v) is 11.2. The van der Waals surface area contributed by atoms with Gasteiger partial charge in [-0.05, 0) is 86.9 Å². The van der Waals surface area contributed by atoms with E-state index >= 15 is 0 Å². The molecule has 1 aliphatic carbocycles. The summed E-state index contributed by atoms with van der Waals surface area (Å²) in [5, 5.41) is 12.6. The molecule has 6 nitrogen and oxygen atoms in total. The number of aromatic nitrogens is 2. The largest absolute Gasteiger partial charge is 0.393 e. The van der Waals surface area contributed by atoms with Gasteiger partial charge in [0.1, 0.15) is 5.56 Å². The zero-order chi connectivity index (χ0) is 22.5. The van der Waals surface area contributed by atoms with Crippen molar-refractivity contribution in [2.45, 2.75) is 57.6 Å². The highest BCUT2D eigenvalue weighted by atomic mass is 16.3. The van der Waals surface area contributed by atoms with Crippen LogP contribution in [0, 0.1) is 6.92 Å². The van der Waals surface area contributed by atoms with Crippen molar-refractivity contribution in [3.63, 3.8) is 0 Å². The molecule has 0 radical (unpaired) electrons. The van der Waals surface area contributed by atoms with E-state index in [-0.39, 0.29) is 29.2 Å². The van der Waals surface area contributed by atoms with Crippen molar-refractivity contribution in [3.05, 3.63) is 93.7 Å². The number of hydrogen-bond acceptors (Lipinski definition) is 4. The smallest absolute Gasteiger partial charge is 0.263 e. The molecule has 0 atom stereocenters. The number of rotatable bonds is 6. The Bertz CT molecular complexity index is 1120. The molecule has 0 aliphatic heterocycles. The van der Waals surface area contributed by atoms with Gasteiger partial charge in [-0.25, -0.2) is 0 Å². The number of anilines is 1. The van der Waals surface area contributed by atoms with Crippen molar-refractivity contribution in [1.82, 2.24) is 9.55 Å². The second kappa shape index (κ2) is 9.92. The van der Waals surface area contributed by atoms with Gasteiger partial charge >= 0.3 is 0 Å². The SMILES string of the molecule is Cc1ccn(C2CCC(O)CC2)c(=O)c1C(=O)Nc1ccc(CCc2ccccn2)cc1.